The topological polar surface area (TPSA) is 84.7 Å². The molecule has 3 aromatic rings. The molecule has 0 bridgehead atoms. The molecule has 0 atom stereocenters. The molecule has 0 radical (unpaired) electrons. The number of aromatic amines is 1. The van der Waals surface area contributed by atoms with Gasteiger partial charge in [-0.2, -0.15) is 5.21 Å². The number of aromatic nitrogens is 4. The van der Waals surface area contributed by atoms with E-state index in [1.54, 1.807) is 12.1 Å². The number of H-pyrrole nitrogens is 1. The number of aryl methyl sites for hydroxylation is 1. The zero-order valence-electron chi connectivity index (χ0n) is 10.7. The third kappa shape index (κ3) is 2.60. The van der Waals surface area contributed by atoms with E-state index >= 15 is 0 Å². The number of benzene rings is 1. The van der Waals surface area contributed by atoms with Crippen LogP contribution < -0.4 is 35.2 Å². The minimum Gasteiger partial charge on any atom is -0.422 e. The second-order valence-electron chi connectivity index (χ2n) is 3.91. The summed E-state index contributed by atoms with van der Waals surface area (Å²) in [4.78, 5) is 11.8. The Balaban J connectivity index is 0.00000133. The molecule has 0 aliphatic heterocycles. The first-order chi connectivity index (χ1) is 8.78. The number of nitrogens with one attached hydrogen (secondary N) is 1. The third-order valence-corrected chi connectivity index (χ3v) is 2.79. The van der Waals surface area contributed by atoms with E-state index in [-0.39, 0.29) is 35.4 Å². The van der Waals surface area contributed by atoms with Crippen molar-refractivity contribution in [2.45, 2.75) is 13.3 Å². The molecule has 0 aliphatic carbocycles. The van der Waals surface area contributed by atoms with Gasteiger partial charge in [-0.1, -0.05) is 13.0 Å². The van der Waals surface area contributed by atoms with Crippen molar-refractivity contribution >= 4 is 11.0 Å². The summed E-state index contributed by atoms with van der Waals surface area (Å²) in [5, 5.41) is 14.2. The Bertz CT molecular complexity index is 752. The van der Waals surface area contributed by atoms with Crippen LogP contribution in [0.1, 0.15) is 12.5 Å². The zero-order valence-corrected chi connectivity index (χ0v) is 12.7. The van der Waals surface area contributed by atoms with Crippen molar-refractivity contribution < 1.29 is 34.0 Å². The second kappa shape index (κ2) is 5.64. The molecule has 0 amide bonds. The molecule has 90 valence electrons. The van der Waals surface area contributed by atoms with E-state index in [9.17, 15) is 4.79 Å². The Morgan fingerprint density at radius 3 is 2.84 bits per heavy atom. The smallest absolute Gasteiger partial charge is 0.422 e. The zero-order chi connectivity index (χ0) is 12.5. The summed E-state index contributed by atoms with van der Waals surface area (Å²) in [6, 6.07) is 7.46. The van der Waals surface area contributed by atoms with Gasteiger partial charge in [0, 0.05) is 5.39 Å². The summed E-state index contributed by atoms with van der Waals surface area (Å²) in [6.07, 6.45) is 0.923. The standard InChI is InChI=1S/C12H10N4O2.Na/c1-2-7-3-4-10-8(5-7)6-9(12(17)18-10)11-13-15-16-14-11;/h3-6H,2H2,1H3,(H,13,14,15,16);/q;+1. The normalized spacial score (nSPS) is 10.4. The summed E-state index contributed by atoms with van der Waals surface area (Å²) in [7, 11) is 0. The molecule has 7 heteroatoms. The van der Waals surface area contributed by atoms with Gasteiger partial charge < -0.3 is 4.42 Å². The van der Waals surface area contributed by atoms with Gasteiger partial charge in [-0.15, -0.1) is 10.2 Å². The summed E-state index contributed by atoms with van der Waals surface area (Å²) in [5.74, 6) is 0.243. The van der Waals surface area contributed by atoms with Crippen molar-refractivity contribution in [2.75, 3.05) is 0 Å². The fourth-order valence-corrected chi connectivity index (χ4v) is 1.82. The first kappa shape index (κ1) is 13.9. The molecular weight excluding hydrogens is 255 g/mol. The van der Waals surface area contributed by atoms with Gasteiger partial charge in [-0.25, -0.2) is 4.79 Å². The Kier molecular flexibility index (Phi) is 4.14. The molecule has 2 heterocycles. The van der Waals surface area contributed by atoms with Gasteiger partial charge in [-0.05, 0) is 35.4 Å². The predicted molar refractivity (Wildman–Crippen MR) is 65.0 cm³/mol. The van der Waals surface area contributed by atoms with E-state index in [0.717, 1.165) is 11.8 Å². The maximum atomic E-state index is 11.8. The molecule has 0 fully saturated rings. The molecule has 1 N–H and O–H groups in total. The first-order valence-corrected chi connectivity index (χ1v) is 5.58. The van der Waals surface area contributed by atoms with E-state index in [1.807, 2.05) is 12.1 Å². The van der Waals surface area contributed by atoms with Gasteiger partial charge in [0.25, 0.3) is 0 Å². The van der Waals surface area contributed by atoms with Gasteiger partial charge in [0.15, 0.2) is 0 Å². The number of hydrogen-bond donors (Lipinski definition) is 1. The van der Waals surface area contributed by atoms with Gasteiger partial charge in [0.05, 0.1) is 0 Å². The molecule has 6 nitrogen and oxygen atoms in total. The largest absolute Gasteiger partial charge is 1.00 e. The Hall–Kier alpha value is -1.50. The third-order valence-electron chi connectivity index (χ3n) is 2.79. The molecule has 0 spiro atoms. The number of nitrogens with zero attached hydrogens (tertiary/aromatic N) is 3. The summed E-state index contributed by atoms with van der Waals surface area (Å²) >= 11 is 0. The van der Waals surface area contributed by atoms with Crippen LogP contribution in [-0.4, -0.2) is 20.6 Å². The van der Waals surface area contributed by atoms with Gasteiger partial charge >= 0.3 is 35.2 Å². The Morgan fingerprint density at radius 2 is 2.16 bits per heavy atom. The van der Waals surface area contributed by atoms with E-state index in [1.165, 1.54) is 5.56 Å². The van der Waals surface area contributed by atoms with Crippen LogP contribution >= 0.6 is 0 Å². The average molecular weight is 265 g/mol. The predicted octanol–water partition coefficient (Wildman–Crippen LogP) is -1.46. The Labute approximate surface area is 130 Å². The molecule has 1 aromatic carbocycles. The van der Waals surface area contributed by atoms with Crippen molar-refractivity contribution in [3.05, 3.63) is 40.2 Å². The van der Waals surface area contributed by atoms with Crippen molar-refractivity contribution in [3.63, 3.8) is 0 Å². The summed E-state index contributed by atoms with van der Waals surface area (Å²) in [6.45, 7) is 2.07. The average Bonchev–Trinajstić information content (AvgIpc) is 2.91. The molecular formula is C12H10N4NaO2+. The fraction of sp³-hybridized carbons (Fsp3) is 0.167. The molecule has 0 aliphatic rings. The number of fused-ring (bicyclic) bond motifs is 1. The van der Waals surface area contributed by atoms with E-state index in [4.69, 9.17) is 4.42 Å². The quantitative estimate of drug-likeness (QED) is 0.452. The van der Waals surface area contributed by atoms with Gasteiger partial charge in [-0.3, -0.25) is 0 Å². The van der Waals surface area contributed by atoms with Crippen LogP contribution in [0.5, 0.6) is 0 Å². The van der Waals surface area contributed by atoms with Crippen molar-refractivity contribution in [2.24, 2.45) is 0 Å². The van der Waals surface area contributed by atoms with Crippen LogP contribution in [0.3, 0.4) is 0 Å². The van der Waals surface area contributed by atoms with Crippen LogP contribution in [0, 0.1) is 0 Å². The summed E-state index contributed by atoms with van der Waals surface area (Å²) in [5.41, 5.74) is 1.58. The van der Waals surface area contributed by atoms with Crippen LogP contribution in [0.4, 0.5) is 0 Å². The first-order valence-electron chi connectivity index (χ1n) is 5.58. The molecule has 19 heavy (non-hydrogen) atoms. The maximum Gasteiger partial charge on any atom is 1.00 e. The SMILES string of the molecule is CCc1ccc2oc(=O)c(-c3nn[nH]n3)cc2c1.[Na+]. The minimum atomic E-state index is -0.465. The number of hydrogen-bond acceptors (Lipinski definition) is 5. The fourth-order valence-electron chi connectivity index (χ4n) is 1.82. The van der Waals surface area contributed by atoms with Crippen molar-refractivity contribution in [3.8, 4) is 11.4 Å². The molecule has 0 saturated carbocycles. The van der Waals surface area contributed by atoms with E-state index in [0.29, 0.717) is 11.1 Å². The van der Waals surface area contributed by atoms with Crippen LogP contribution in [0.2, 0.25) is 0 Å². The number of rotatable bonds is 2. The van der Waals surface area contributed by atoms with Crippen LogP contribution in [-0.2, 0) is 6.42 Å². The molecule has 2 aromatic heterocycles. The molecule has 0 unspecified atom stereocenters. The van der Waals surface area contributed by atoms with Crippen molar-refractivity contribution in [1.82, 2.24) is 20.6 Å². The van der Waals surface area contributed by atoms with E-state index < -0.39 is 5.63 Å². The van der Waals surface area contributed by atoms with Crippen molar-refractivity contribution in [1.29, 1.82) is 0 Å². The monoisotopic (exact) mass is 265 g/mol. The molecule has 0 saturated heterocycles. The number of tetrazole rings is 1. The maximum absolute atomic E-state index is 11.8. The van der Waals surface area contributed by atoms with Crippen LogP contribution in [0.15, 0.2) is 33.5 Å². The van der Waals surface area contributed by atoms with E-state index in [2.05, 4.69) is 27.5 Å². The van der Waals surface area contributed by atoms with Gasteiger partial charge in [0.2, 0.25) is 5.82 Å². The van der Waals surface area contributed by atoms with Gasteiger partial charge in [0.1, 0.15) is 11.1 Å². The molecule has 3 rings (SSSR count). The Morgan fingerprint density at radius 1 is 1.32 bits per heavy atom. The second-order valence-corrected chi connectivity index (χ2v) is 3.91. The summed E-state index contributed by atoms with van der Waals surface area (Å²) < 4.78 is 5.24. The minimum absolute atomic E-state index is 0. The van der Waals surface area contributed by atoms with Crippen LogP contribution in [0.25, 0.3) is 22.4 Å².